The molecule has 0 saturated heterocycles. The van der Waals surface area contributed by atoms with Gasteiger partial charge in [0.1, 0.15) is 11.5 Å². The molecule has 2 aromatic rings. The van der Waals surface area contributed by atoms with E-state index in [1.54, 1.807) is 13.4 Å². The second-order valence-electron chi connectivity index (χ2n) is 3.97. The Kier molecular flexibility index (Phi) is 3.83. The summed E-state index contributed by atoms with van der Waals surface area (Å²) in [5.74, 6) is 1.84. The number of methoxy groups -OCH3 is 1. The average Bonchev–Trinajstić information content (AvgIpc) is 2.90. The van der Waals surface area contributed by atoms with Crippen LogP contribution in [-0.4, -0.2) is 7.11 Å². The van der Waals surface area contributed by atoms with Gasteiger partial charge in [-0.15, -0.1) is 0 Å². The third-order valence-corrected chi connectivity index (χ3v) is 2.72. The molecule has 2 rings (SSSR count). The molecule has 1 aromatic heterocycles. The van der Waals surface area contributed by atoms with Crippen LogP contribution in [0.2, 0.25) is 0 Å². The van der Waals surface area contributed by atoms with Crippen LogP contribution >= 0.6 is 0 Å². The van der Waals surface area contributed by atoms with E-state index in [4.69, 9.17) is 9.15 Å². The fourth-order valence-electron chi connectivity index (χ4n) is 1.69. The number of nitrogens with one attached hydrogen (secondary N) is 1. The number of hydrogen-bond donors (Lipinski definition) is 1. The molecule has 0 aliphatic carbocycles. The zero-order valence-corrected chi connectivity index (χ0v) is 10.1. The van der Waals surface area contributed by atoms with Crippen molar-refractivity contribution in [1.82, 2.24) is 5.32 Å². The normalized spacial score (nSPS) is 12.4. The van der Waals surface area contributed by atoms with E-state index in [9.17, 15) is 0 Å². The van der Waals surface area contributed by atoms with Gasteiger partial charge in [0.25, 0.3) is 0 Å². The van der Waals surface area contributed by atoms with Gasteiger partial charge in [0.2, 0.25) is 0 Å². The van der Waals surface area contributed by atoms with Crippen molar-refractivity contribution in [2.45, 2.75) is 19.5 Å². The van der Waals surface area contributed by atoms with E-state index in [2.05, 4.69) is 18.3 Å². The Morgan fingerprint density at radius 1 is 1.29 bits per heavy atom. The van der Waals surface area contributed by atoms with Gasteiger partial charge in [-0.25, -0.2) is 0 Å². The van der Waals surface area contributed by atoms with E-state index < -0.39 is 0 Å². The SMILES string of the molecule is COc1cccc(CN[C@H](C)c2ccco2)c1. The monoisotopic (exact) mass is 231 g/mol. The first-order valence-corrected chi connectivity index (χ1v) is 5.69. The first kappa shape index (κ1) is 11.7. The minimum absolute atomic E-state index is 0.205. The van der Waals surface area contributed by atoms with Gasteiger partial charge >= 0.3 is 0 Å². The molecule has 0 spiro atoms. The van der Waals surface area contributed by atoms with Crippen LogP contribution in [0.15, 0.2) is 47.1 Å². The molecular weight excluding hydrogens is 214 g/mol. The number of hydrogen-bond acceptors (Lipinski definition) is 3. The lowest BCUT2D eigenvalue weighted by atomic mass is 10.2. The van der Waals surface area contributed by atoms with Crippen LogP contribution in [0.3, 0.4) is 0 Å². The van der Waals surface area contributed by atoms with Crippen LogP contribution in [0.5, 0.6) is 5.75 Å². The van der Waals surface area contributed by atoms with Gasteiger partial charge in [0, 0.05) is 6.54 Å². The summed E-state index contributed by atoms with van der Waals surface area (Å²) < 4.78 is 10.5. The van der Waals surface area contributed by atoms with Crippen molar-refractivity contribution in [2.24, 2.45) is 0 Å². The Morgan fingerprint density at radius 2 is 2.18 bits per heavy atom. The number of benzene rings is 1. The van der Waals surface area contributed by atoms with Crippen molar-refractivity contribution < 1.29 is 9.15 Å². The van der Waals surface area contributed by atoms with Crippen LogP contribution in [0, 0.1) is 0 Å². The van der Waals surface area contributed by atoms with Crippen molar-refractivity contribution in [3.8, 4) is 5.75 Å². The second kappa shape index (κ2) is 5.55. The zero-order chi connectivity index (χ0) is 12.1. The highest BCUT2D eigenvalue weighted by Gasteiger charge is 2.07. The van der Waals surface area contributed by atoms with Gasteiger partial charge in [-0.1, -0.05) is 12.1 Å². The fourth-order valence-corrected chi connectivity index (χ4v) is 1.69. The number of rotatable bonds is 5. The molecule has 1 atom stereocenters. The molecule has 0 saturated carbocycles. The highest BCUT2D eigenvalue weighted by molar-refractivity contribution is 5.28. The summed E-state index contributed by atoms with van der Waals surface area (Å²) in [4.78, 5) is 0. The topological polar surface area (TPSA) is 34.4 Å². The Bertz CT molecular complexity index is 451. The molecule has 0 radical (unpaired) electrons. The van der Waals surface area contributed by atoms with Gasteiger partial charge < -0.3 is 14.5 Å². The summed E-state index contributed by atoms with van der Waals surface area (Å²) in [5, 5.41) is 3.40. The maximum Gasteiger partial charge on any atom is 0.120 e. The lowest BCUT2D eigenvalue weighted by molar-refractivity contribution is 0.412. The lowest BCUT2D eigenvalue weighted by Crippen LogP contribution is -2.17. The first-order chi connectivity index (χ1) is 8.29. The predicted octanol–water partition coefficient (Wildman–Crippen LogP) is 3.14. The molecule has 0 unspecified atom stereocenters. The van der Waals surface area contributed by atoms with Crippen LogP contribution in [0.4, 0.5) is 0 Å². The van der Waals surface area contributed by atoms with Gasteiger partial charge in [-0.05, 0) is 36.8 Å². The first-order valence-electron chi connectivity index (χ1n) is 5.69. The molecule has 0 aliphatic heterocycles. The molecule has 1 aromatic carbocycles. The molecule has 90 valence electrons. The van der Waals surface area contributed by atoms with Crippen molar-refractivity contribution in [3.63, 3.8) is 0 Å². The maximum absolute atomic E-state index is 5.34. The summed E-state index contributed by atoms with van der Waals surface area (Å²) in [7, 11) is 1.68. The molecule has 17 heavy (non-hydrogen) atoms. The van der Waals surface area contributed by atoms with Gasteiger partial charge in [0.15, 0.2) is 0 Å². The molecule has 0 aliphatic rings. The summed E-state index contributed by atoms with van der Waals surface area (Å²) in [5.41, 5.74) is 1.20. The highest BCUT2D eigenvalue weighted by atomic mass is 16.5. The summed E-state index contributed by atoms with van der Waals surface area (Å²) in [6, 6.07) is 12.1. The zero-order valence-electron chi connectivity index (χ0n) is 10.1. The molecule has 3 nitrogen and oxygen atoms in total. The van der Waals surface area contributed by atoms with Gasteiger partial charge in [0.05, 0.1) is 19.4 Å². The summed E-state index contributed by atoms with van der Waals surface area (Å²) in [6.45, 7) is 2.87. The maximum atomic E-state index is 5.34. The third-order valence-electron chi connectivity index (χ3n) is 2.72. The minimum Gasteiger partial charge on any atom is -0.497 e. The van der Waals surface area contributed by atoms with Crippen molar-refractivity contribution in [1.29, 1.82) is 0 Å². The van der Waals surface area contributed by atoms with Crippen LogP contribution in [0.25, 0.3) is 0 Å². The Labute approximate surface area is 101 Å². The van der Waals surface area contributed by atoms with Crippen LogP contribution in [0.1, 0.15) is 24.3 Å². The lowest BCUT2D eigenvalue weighted by Gasteiger charge is -2.11. The van der Waals surface area contributed by atoms with Crippen LogP contribution in [-0.2, 0) is 6.54 Å². The van der Waals surface area contributed by atoms with E-state index in [-0.39, 0.29) is 6.04 Å². The average molecular weight is 231 g/mol. The fraction of sp³-hybridized carbons (Fsp3) is 0.286. The molecule has 3 heteroatoms. The smallest absolute Gasteiger partial charge is 0.120 e. The quantitative estimate of drug-likeness (QED) is 0.858. The van der Waals surface area contributed by atoms with E-state index in [1.807, 2.05) is 30.3 Å². The molecule has 0 fully saturated rings. The Hall–Kier alpha value is -1.74. The highest BCUT2D eigenvalue weighted by Crippen LogP contribution is 2.15. The Balaban J connectivity index is 1.93. The third kappa shape index (κ3) is 3.11. The number of ether oxygens (including phenoxy) is 1. The van der Waals surface area contributed by atoms with E-state index in [1.165, 1.54) is 5.56 Å². The van der Waals surface area contributed by atoms with Crippen LogP contribution < -0.4 is 10.1 Å². The van der Waals surface area contributed by atoms with Crippen molar-refractivity contribution in [2.75, 3.05) is 7.11 Å². The molecular formula is C14H17NO2. The summed E-state index contributed by atoms with van der Waals surface area (Å²) >= 11 is 0. The van der Waals surface area contributed by atoms with Gasteiger partial charge in [-0.3, -0.25) is 0 Å². The minimum atomic E-state index is 0.205. The van der Waals surface area contributed by atoms with Crippen molar-refractivity contribution >= 4 is 0 Å². The Morgan fingerprint density at radius 3 is 2.88 bits per heavy atom. The molecule has 1 heterocycles. The van der Waals surface area contributed by atoms with Gasteiger partial charge in [-0.2, -0.15) is 0 Å². The molecule has 0 amide bonds. The summed E-state index contributed by atoms with van der Waals surface area (Å²) in [6.07, 6.45) is 1.69. The van der Waals surface area contributed by atoms with E-state index in [0.717, 1.165) is 18.1 Å². The van der Waals surface area contributed by atoms with E-state index in [0.29, 0.717) is 0 Å². The second-order valence-corrected chi connectivity index (χ2v) is 3.97. The predicted molar refractivity (Wildman–Crippen MR) is 67.0 cm³/mol. The molecule has 1 N–H and O–H groups in total. The largest absolute Gasteiger partial charge is 0.497 e. The molecule has 0 bridgehead atoms. The standard InChI is InChI=1S/C14H17NO2/c1-11(14-7-4-8-17-14)15-10-12-5-3-6-13(9-12)16-2/h3-9,11,15H,10H2,1-2H3/t11-/m1/s1. The number of furan rings is 1. The van der Waals surface area contributed by atoms with Crippen molar-refractivity contribution in [3.05, 3.63) is 54.0 Å². The van der Waals surface area contributed by atoms with E-state index >= 15 is 0 Å².